The molecule has 0 aliphatic heterocycles. The van der Waals surface area contributed by atoms with E-state index in [0.717, 1.165) is 22.3 Å². The lowest BCUT2D eigenvalue weighted by Crippen LogP contribution is -2.28. The largest absolute Gasteiger partial charge is 0.350 e. The van der Waals surface area contributed by atoms with E-state index in [4.69, 9.17) is 0 Å². The molecule has 0 bridgehead atoms. The molecule has 2 unspecified atom stereocenters. The summed E-state index contributed by atoms with van der Waals surface area (Å²) >= 11 is 0. The summed E-state index contributed by atoms with van der Waals surface area (Å²) < 4.78 is 12.6. The smallest absolute Gasteiger partial charge is 0.221 e. The zero-order valence-corrected chi connectivity index (χ0v) is 14.2. The molecular weight excluding hydrogens is 309 g/mol. The predicted octanol–water partition coefficient (Wildman–Crippen LogP) is 2.84. The van der Waals surface area contributed by atoms with Gasteiger partial charge in [-0.2, -0.15) is 0 Å². The van der Waals surface area contributed by atoms with Crippen LogP contribution in [0.15, 0.2) is 24.5 Å². The molecule has 0 spiro atoms. The molecule has 0 radical (unpaired) electrons. The molecule has 0 aromatic heterocycles. The number of amides is 1. The van der Waals surface area contributed by atoms with Crippen LogP contribution in [0.1, 0.15) is 41.0 Å². The second-order valence-electron chi connectivity index (χ2n) is 6.51. The number of carbonyl (C=O) groups excluding carboxylic acids is 3. The van der Waals surface area contributed by atoms with Gasteiger partial charge in [0.15, 0.2) is 5.78 Å². The molecule has 1 N–H and O–H groups in total. The Balaban J connectivity index is 2.18. The summed E-state index contributed by atoms with van der Waals surface area (Å²) in [5.74, 6) is -2.90. The SMILES string of the molecule is C=C(F)CNC(=O)CC1CC(=O)C(c2c(C)cc(C)cc2C)C1=O. The van der Waals surface area contributed by atoms with Gasteiger partial charge in [0.05, 0.1) is 6.54 Å². The molecule has 1 aromatic carbocycles. The van der Waals surface area contributed by atoms with E-state index in [9.17, 15) is 18.8 Å². The third-order valence-corrected chi connectivity index (χ3v) is 4.39. The molecule has 2 atom stereocenters. The minimum absolute atomic E-state index is 0.0558. The third kappa shape index (κ3) is 3.78. The monoisotopic (exact) mass is 331 g/mol. The molecule has 0 saturated heterocycles. The maximum Gasteiger partial charge on any atom is 0.221 e. The average Bonchev–Trinajstić information content (AvgIpc) is 2.72. The number of halogens is 1. The van der Waals surface area contributed by atoms with Gasteiger partial charge in [-0.05, 0) is 37.5 Å². The van der Waals surface area contributed by atoms with Gasteiger partial charge in [0, 0.05) is 18.8 Å². The van der Waals surface area contributed by atoms with Crippen molar-refractivity contribution in [2.24, 2.45) is 5.92 Å². The first-order chi connectivity index (χ1) is 11.2. The van der Waals surface area contributed by atoms with E-state index in [0.29, 0.717) is 0 Å². The summed E-state index contributed by atoms with van der Waals surface area (Å²) in [6, 6.07) is 3.91. The lowest BCUT2D eigenvalue weighted by Gasteiger charge is -2.16. The number of Topliss-reactive ketones (excluding diaryl/α,β-unsaturated/α-hetero) is 2. The van der Waals surface area contributed by atoms with Crippen LogP contribution in [0, 0.1) is 26.7 Å². The van der Waals surface area contributed by atoms with Crippen LogP contribution in [0.25, 0.3) is 0 Å². The van der Waals surface area contributed by atoms with E-state index in [2.05, 4.69) is 11.9 Å². The molecule has 1 aromatic rings. The summed E-state index contributed by atoms with van der Waals surface area (Å²) in [5.41, 5.74) is 3.67. The average molecular weight is 331 g/mol. The maximum atomic E-state index is 12.7. The number of ketones is 2. The fourth-order valence-electron chi connectivity index (χ4n) is 3.47. The van der Waals surface area contributed by atoms with Crippen LogP contribution < -0.4 is 5.32 Å². The van der Waals surface area contributed by atoms with Gasteiger partial charge in [-0.3, -0.25) is 14.4 Å². The predicted molar refractivity (Wildman–Crippen MR) is 89.4 cm³/mol. The molecule has 24 heavy (non-hydrogen) atoms. The molecule has 1 saturated carbocycles. The lowest BCUT2D eigenvalue weighted by molar-refractivity contribution is -0.128. The van der Waals surface area contributed by atoms with Gasteiger partial charge in [-0.25, -0.2) is 4.39 Å². The molecule has 1 fully saturated rings. The topological polar surface area (TPSA) is 63.2 Å². The lowest BCUT2D eigenvalue weighted by atomic mass is 9.86. The van der Waals surface area contributed by atoms with E-state index in [1.165, 1.54) is 0 Å². The first-order valence-corrected chi connectivity index (χ1v) is 7.95. The van der Waals surface area contributed by atoms with E-state index in [-0.39, 0.29) is 31.0 Å². The maximum absolute atomic E-state index is 12.7. The highest BCUT2D eigenvalue weighted by Gasteiger charge is 2.43. The van der Waals surface area contributed by atoms with Crippen LogP contribution in [0.4, 0.5) is 4.39 Å². The van der Waals surface area contributed by atoms with Crippen LogP contribution in [0.2, 0.25) is 0 Å². The summed E-state index contributed by atoms with van der Waals surface area (Å²) in [5, 5.41) is 2.35. The van der Waals surface area contributed by atoms with Crippen LogP contribution in [-0.4, -0.2) is 24.0 Å². The zero-order chi connectivity index (χ0) is 18.0. The minimum Gasteiger partial charge on any atom is -0.350 e. The summed E-state index contributed by atoms with van der Waals surface area (Å²) in [6.07, 6.45) is -0.0431. The van der Waals surface area contributed by atoms with Crippen LogP contribution in [0.3, 0.4) is 0 Å². The highest BCUT2D eigenvalue weighted by Crippen LogP contribution is 2.37. The van der Waals surface area contributed by atoms with E-state index in [1.807, 2.05) is 32.9 Å². The second-order valence-corrected chi connectivity index (χ2v) is 6.51. The van der Waals surface area contributed by atoms with E-state index in [1.54, 1.807) is 0 Å². The Morgan fingerprint density at radius 2 is 1.83 bits per heavy atom. The summed E-state index contributed by atoms with van der Waals surface area (Å²) in [7, 11) is 0. The van der Waals surface area contributed by atoms with Crippen LogP contribution >= 0.6 is 0 Å². The van der Waals surface area contributed by atoms with Crippen molar-refractivity contribution in [1.29, 1.82) is 0 Å². The molecule has 1 amide bonds. The highest BCUT2D eigenvalue weighted by molar-refractivity contribution is 6.15. The molecule has 128 valence electrons. The molecule has 1 aliphatic rings. The number of nitrogens with one attached hydrogen (secondary N) is 1. The number of hydrogen-bond acceptors (Lipinski definition) is 3. The zero-order valence-electron chi connectivity index (χ0n) is 14.2. The second kappa shape index (κ2) is 7.07. The molecule has 2 rings (SSSR count). The number of rotatable bonds is 5. The fourth-order valence-corrected chi connectivity index (χ4v) is 3.47. The van der Waals surface area contributed by atoms with Crippen molar-refractivity contribution in [2.45, 2.75) is 39.5 Å². The van der Waals surface area contributed by atoms with Crippen molar-refractivity contribution in [3.63, 3.8) is 0 Å². The van der Waals surface area contributed by atoms with Crippen molar-refractivity contribution >= 4 is 17.5 Å². The van der Waals surface area contributed by atoms with Crippen molar-refractivity contribution < 1.29 is 18.8 Å². The number of benzene rings is 1. The standard InChI is InChI=1S/C19H22FNO3/c1-10-5-11(2)17(12(3)6-10)18-15(22)7-14(19(18)24)8-16(23)21-9-13(4)20/h5-6,14,18H,4,7-9H2,1-3H3,(H,21,23). The van der Waals surface area contributed by atoms with Gasteiger partial charge in [0.1, 0.15) is 17.5 Å². The van der Waals surface area contributed by atoms with Crippen LogP contribution in [-0.2, 0) is 14.4 Å². The normalized spacial score (nSPS) is 20.3. The van der Waals surface area contributed by atoms with Gasteiger partial charge < -0.3 is 5.32 Å². The van der Waals surface area contributed by atoms with Crippen molar-refractivity contribution in [3.8, 4) is 0 Å². The van der Waals surface area contributed by atoms with Gasteiger partial charge in [0.2, 0.25) is 5.91 Å². The molecule has 0 heterocycles. The van der Waals surface area contributed by atoms with Gasteiger partial charge in [-0.15, -0.1) is 0 Å². The number of hydrogen-bond donors (Lipinski definition) is 1. The summed E-state index contributed by atoms with van der Waals surface area (Å²) in [4.78, 5) is 36.9. The first kappa shape index (κ1) is 18.0. The highest BCUT2D eigenvalue weighted by atomic mass is 19.1. The fraction of sp³-hybridized carbons (Fsp3) is 0.421. The van der Waals surface area contributed by atoms with Crippen molar-refractivity contribution in [1.82, 2.24) is 5.32 Å². The molecular formula is C19H22FNO3. The molecule has 4 nitrogen and oxygen atoms in total. The van der Waals surface area contributed by atoms with E-state index < -0.39 is 23.6 Å². The third-order valence-electron chi connectivity index (χ3n) is 4.39. The van der Waals surface area contributed by atoms with Crippen molar-refractivity contribution in [2.75, 3.05) is 6.54 Å². The number of carbonyl (C=O) groups is 3. The Bertz CT molecular complexity index is 700. The quantitative estimate of drug-likeness (QED) is 0.844. The Labute approximate surface area is 141 Å². The minimum atomic E-state index is -0.792. The number of aryl methyl sites for hydroxylation is 3. The Morgan fingerprint density at radius 3 is 2.38 bits per heavy atom. The van der Waals surface area contributed by atoms with E-state index >= 15 is 0 Å². The van der Waals surface area contributed by atoms with Gasteiger partial charge in [-0.1, -0.05) is 24.3 Å². The summed E-state index contributed by atoms with van der Waals surface area (Å²) in [6.45, 7) is 8.54. The molecule has 1 aliphatic carbocycles. The van der Waals surface area contributed by atoms with Gasteiger partial charge in [0.25, 0.3) is 0 Å². The Morgan fingerprint density at radius 1 is 1.25 bits per heavy atom. The molecule has 5 heteroatoms. The Kier molecular flexibility index (Phi) is 5.32. The first-order valence-electron chi connectivity index (χ1n) is 7.95. The van der Waals surface area contributed by atoms with Gasteiger partial charge >= 0.3 is 0 Å². The Hall–Kier alpha value is -2.30. The van der Waals surface area contributed by atoms with Crippen LogP contribution in [0.5, 0.6) is 0 Å². The van der Waals surface area contributed by atoms with Crippen molar-refractivity contribution in [3.05, 3.63) is 46.8 Å².